The lowest BCUT2D eigenvalue weighted by Crippen LogP contribution is -2.28. The molecule has 1 aromatic heterocycles. The summed E-state index contributed by atoms with van der Waals surface area (Å²) in [5, 5.41) is 4.47. The number of thioether (sulfide) groups is 1. The molecule has 0 radical (unpaired) electrons. The molecule has 1 saturated carbocycles. The fourth-order valence-electron chi connectivity index (χ4n) is 3.10. The number of halogens is 1. The number of hydrogen-bond donors (Lipinski definition) is 1. The van der Waals surface area contributed by atoms with Crippen molar-refractivity contribution in [1.29, 1.82) is 0 Å². The number of carbonyl (C=O) groups is 2. The summed E-state index contributed by atoms with van der Waals surface area (Å²) in [6.45, 7) is 0.403. The molecule has 30 heavy (non-hydrogen) atoms. The van der Waals surface area contributed by atoms with Crippen LogP contribution >= 0.6 is 11.8 Å². The maximum atomic E-state index is 13.0. The summed E-state index contributed by atoms with van der Waals surface area (Å²) in [7, 11) is 1.72. The van der Waals surface area contributed by atoms with Crippen LogP contribution in [0.1, 0.15) is 28.8 Å². The van der Waals surface area contributed by atoms with Crippen molar-refractivity contribution in [3.8, 4) is 0 Å². The number of para-hydroxylation sites is 1. The van der Waals surface area contributed by atoms with Gasteiger partial charge in [-0.25, -0.2) is 9.37 Å². The smallest absolute Gasteiger partial charge is 0.252 e. The number of pyridine rings is 1. The first-order chi connectivity index (χ1) is 14.5. The Morgan fingerprint density at radius 1 is 1.17 bits per heavy atom. The molecule has 7 heteroatoms. The minimum atomic E-state index is -0.299. The predicted octanol–water partition coefficient (Wildman–Crippen LogP) is 4.02. The summed E-state index contributed by atoms with van der Waals surface area (Å²) in [4.78, 5) is 31.4. The van der Waals surface area contributed by atoms with Crippen LogP contribution in [0.2, 0.25) is 0 Å². The highest BCUT2D eigenvalue weighted by Crippen LogP contribution is 2.26. The molecule has 4 rings (SSSR count). The van der Waals surface area contributed by atoms with Gasteiger partial charge in [0.05, 0.1) is 21.9 Å². The van der Waals surface area contributed by atoms with Gasteiger partial charge in [0, 0.05) is 25.0 Å². The summed E-state index contributed by atoms with van der Waals surface area (Å²) in [6.07, 6.45) is 2.04. The molecule has 0 saturated heterocycles. The molecule has 0 bridgehead atoms. The topological polar surface area (TPSA) is 62.3 Å². The zero-order chi connectivity index (χ0) is 21.1. The number of amides is 2. The summed E-state index contributed by atoms with van der Waals surface area (Å²) >= 11 is 1.31. The third-order valence-electron chi connectivity index (χ3n) is 4.95. The van der Waals surface area contributed by atoms with Crippen LogP contribution < -0.4 is 5.32 Å². The lowest BCUT2D eigenvalue weighted by Gasteiger charge is -2.17. The van der Waals surface area contributed by atoms with Crippen molar-refractivity contribution in [3.05, 3.63) is 71.5 Å². The van der Waals surface area contributed by atoms with Gasteiger partial charge in [-0.2, -0.15) is 0 Å². The van der Waals surface area contributed by atoms with E-state index < -0.39 is 0 Å². The minimum absolute atomic E-state index is 0.0664. The first kappa shape index (κ1) is 20.3. The molecule has 0 aliphatic heterocycles. The Labute approximate surface area is 178 Å². The van der Waals surface area contributed by atoms with Crippen LogP contribution in [0.5, 0.6) is 0 Å². The molecule has 0 spiro atoms. The van der Waals surface area contributed by atoms with Gasteiger partial charge in [0.25, 0.3) is 5.91 Å². The maximum absolute atomic E-state index is 13.0. The molecule has 1 aliphatic carbocycles. The minimum Gasteiger partial charge on any atom is -0.349 e. The molecule has 2 aromatic carbocycles. The Kier molecular flexibility index (Phi) is 5.99. The van der Waals surface area contributed by atoms with Gasteiger partial charge >= 0.3 is 0 Å². The van der Waals surface area contributed by atoms with Gasteiger partial charge in [-0.1, -0.05) is 42.1 Å². The summed E-state index contributed by atoms with van der Waals surface area (Å²) in [6, 6.07) is 15.7. The third-order valence-corrected chi connectivity index (χ3v) is 5.85. The molecular formula is C23H22FN3O2S. The van der Waals surface area contributed by atoms with Crippen molar-refractivity contribution in [3.63, 3.8) is 0 Å². The zero-order valence-electron chi connectivity index (χ0n) is 16.6. The summed E-state index contributed by atoms with van der Waals surface area (Å²) in [5.74, 6) is -0.264. The molecule has 1 fully saturated rings. The predicted molar refractivity (Wildman–Crippen MR) is 116 cm³/mol. The van der Waals surface area contributed by atoms with Crippen LogP contribution in [0.3, 0.4) is 0 Å². The van der Waals surface area contributed by atoms with E-state index >= 15 is 0 Å². The van der Waals surface area contributed by atoms with Crippen molar-refractivity contribution in [2.24, 2.45) is 0 Å². The van der Waals surface area contributed by atoms with Gasteiger partial charge in [-0.05, 0) is 42.7 Å². The standard InChI is InChI=1S/C23H22FN3O2S/c1-27(13-15-6-8-16(24)9-7-15)22(28)14-30-21-12-19(23(29)25-17-10-11-17)18-4-2-3-5-20(18)26-21/h2-9,12,17H,10-11,13-14H2,1H3,(H,25,29). The van der Waals surface area contributed by atoms with Crippen LogP contribution in [0.25, 0.3) is 10.9 Å². The Bertz CT molecular complexity index is 1080. The highest BCUT2D eigenvalue weighted by molar-refractivity contribution is 7.99. The maximum Gasteiger partial charge on any atom is 0.252 e. The van der Waals surface area contributed by atoms with E-state index in [0.29, 0.717) is 17.1 Å². The number of benzene rings is 2. The first-order valence-electron chi connectivity index (χ1n) is 9.81. The van der Waals surface area contributed by atoms with Gasteiger partial charge in [0.15, 0.2) is 0 Å². The molecule has 0 unspecified atom stereocenters. The number of aromatic nitrogens is 1. The van der Waals surface area contributed by atoms with Crippen molar-refractivity contribution >= 4 is 34.5 Å². The quantitative estimate of drug-likeness (QED) is 0.583. The number of nitrogens with one attached hydrogen (secondary N) is 1. The number of fused-ring (bicyclic) bond motifs is 1. The molecule has 2 amide bonds. The monoisotopic (exact) mass is 423 g/mol. The third kappa shape index (κ3) is 4.97. The Balaban J connectivity index is 1.45. The molecule has 1 aliphatic rings. The van der Waals surface area contributed by atoms with E-state index in [1.807, 2.05) is 24.3 Å². The van der Waals surface area contributed by atoms with Crippen molar-refractivity contribution in [2.75, 3.05) is 12.8 Å². The lowest BCUT2D eigenvalue weighted by molar-refractivity contribution is -0.127. The highest BCUT2D eigenvalue weighted by atomic mass is 32.2. The number of carbonyl (C=O) groups excluding carboxylic acids is 2. The van der Waals surface area contributed by atoms with E-state index in [1.165, 1.54) is 23.9 Å². The van der Waals surface area contributed by atoms with Gasteiger partial charge in [-0.3, -0.25) is 9.59 Å². The van der Waals surface area contributed by atoms with Gasteiger partial charge < -0.3 is 10.2 Å². The van der Waals surface area contributed by atoms with Gasteiger partial charge in [-0.15, -0.1) is 0 Å². The number of hydrogen-bond acceptors (Lipinski definition) is 4. The average molecular weight is 424 g/mol. The highest BCUT2D eigenvalue weighted by Gasteiger charge is 2.25. The normalized spacial score (nSPS) is 13.3. The number of nitrogens with zero attached hydrogens (tertiary/aromatic N) is 2. The SMILES string of the molecule is CN(Cc1ccc(F)cc1)C(=O)CSc1cc(C(=O)NC2CC2)c2ccccc2n1. The fraction of sp³-hybridized carbons (Fsp3) is 0.261. The Hall–Kier alpha value is -2.93. The van der Waals surface area contributed by atoms with Crippen molar-refractivity contribution < 1.29 is 14.0 Å². The molecule has 1 N–H and O–H groups in total. The van der Waals surface area contributed by atoms with E-state index in [4.69, 9.17) is 0 Å². The lowest BCUT2D eigenvalue weighted by atomic mass is 10.1. The van der Waals surface area contributed by atoms with E-state index in [2.05, 4.69) is 10.3 Å². The molecule has 154 valence electrons. The Morgan fingerprint density at radius 2 is 1.90 bits per heavy atom. The van der Waals surface area contributed by atoms with E-state index in [0.717, 1.165) is 29.3 Å². The Morgan fingerprint density at radius 3 is 2.63 bits per heavy atom. The van der Waals surface area contributed by atoms with Crippen LogP contribution in [0.15, 0.2) is 59.6 Å². The second-order valence-electron chi connectivity index (χ2n) is 7.44. The zero-order valence-corrected chi connectivity index (χ0v) is 17.4. The number of rotatable bonds is 7. The first-order valence-corrected chi connectivity index (χ1v) is 10.8. The van der Waals surface area contributed by atoms with Crippen molar-refractivity contribution in [1.82, 2.24) is 15.2 Å². The van der Waals surface area contributed by atoms with Crippen LogP contribution in [-0.4, -0.2) is 40.5 Å². The van der Waals surface area contributed by atoms with Crippen LogP contribution in [0, 0.1) is 5.82 Å². The molecular weight excluding hydrogens is 401 g/mol. The molecule has 3 aromatic rings. The van der Waals surface area contributed by atoms with Crippen molar-refractivity contribution in [2.45, 2.75) is 30.5 Å². The summed E-state index contributed by atoms with van der Waals surface area (Å²) < 4.78 is 13.0. The molecule has 5 nitrogen and oxygen atoms in total. The summed E-state index contributed by atoms with van der Waals surface area (Å²) in [5.41, 5.74) is 2.18. The fourth-order valence-corrected chi connectivity index (χ4v) is 3.96. The average Bonchev–Trinajstić information content (AvgIpc) is 3.56. The second kappa shape index (κ2) is 8.83. The largest absolute Gasteiger partial charge is 0.349 e. The van der Waals surface area contributed by atoms with E-state index in [1.54, 1.807) is 30.1 Å². The molecule has 0 atom stereocenters. The molecule has 1 heterocycles. The van der Waals surface area contributed by atoms with Gasteiger partial charge in [0.2, 0.25) is 5.91 Å². The second-order valence-corrected chi connectivity index (χ2v) is 8.43. The van der Waals surface area contributed by atoms with Crippen LogP contribution in [-0.2, 0) is 11.3 Å². The van der Waals surface area contributed by atoms with Gasteiger partial charge in [0.1, 0.15) is 5.82 Å². The van der Waals surface area contributed by atoms with Crippen LogP contribution in [0.4, 0.5) is 4.39 Å². The van der Waals surface area contributed by atoms with E-state index in [9.17, 15) is 14.0 Å². The van der Waals surface area contributed by atoms with E-state index in [-0.39, 0.29) is 29.4 Å².